The maximum atomic E-state index is 12.2. The number of nitrogens with zero attached hydrogens (tertiary/aromatic N) is 1. The van der Waals surface area contributed by atoms with Crippen molar-refractivity contribution in [1.29, 1.82) is 0 Å². The number of ether oxygens (including phenoxy) is 1. The van der Waals surface area contributed by atoms with Gasteiger partial charge in [-0.3, -0.25) is 9.69 Å². The minimum Gasteiger partial charge on any atom is -0.374 e. The fourth-order valence-corrected chi connectivity index (χ4v) is 3.00. The summed E-state index contributed by atoms with van der Waals surface area (Å²) >= 11 is 3.40. The lowest BCUT2D eigenvalue weighted by Crippen LogP contribution is -2.48. The Morgan fingerprint density at radius 3 is 2.95 bits per heavy atom. The first kappa shape index (κ1) is 16.5. The summed E-state index contributed by atoms with van der Waals surface area (Å²) in [5.74, 6) is 0.589. The molecule has 0 bridgehead atoms. The molecule has 1 aromatic carbocycles. The quantitative estimate of drug-likeness (QED) is 0.883. The molecular weight excluding hydrogens is 332 g/mol. The lowest BCUT2D eigenvalue weighted by atomic mass is 10.1. The Balaban J connectivity index is 1.82. The molecule has 5 heteroatoms. The molecule has 1 heterocycles. The number of carbonyl (C=O) groups is 1. The third kappa shape index (κ3) is 5.09. The number of hydrogen-bond donors (Lipinski definition) is 1. The van der Waals surface area contributed by atoms with Gasteiger partial charge in [0.25, 0.3) is 5.91 Å². The molecule has 116 valence electrons. The van der Waals surface area contributed by atoms with E-state index in [0.717, 1.165) is 30.7 Å². The van der Waals surface area contributed by atoms with E-state index in [9.17, 15) is 4.79 Å². The molecule has 1 aliphatic heterocycles. The molecule has 1 saturated heterocycles. The molecule has 0 aromatic heterocycles. The third-order valence-electron chi connectivity index (χ3n) is 3.46. The molecule has 0 aliphatic carbocycles. The van der Waals surface area contributed by atoms with Crippen molar-refractivity contribution in [2.24, 2.45) is 5.92 Å². The molecule has 2 rings (SSSR count). The first-order valence-electron chi connectivity index (χ1n) is 7.43. The number of amides is 1. The number of morpholine rings is 1. The molecular formula is C16H23BrN2O2. The van der Waals surface area contributed by atoms with E-state index >= 15 is 0 Å². The average molecular weight is 355 g/mol. The van der Waals surface area contributed by atoms with E-state index in [1.54, 1.807) is 0 Å². The van der Waals surface area contributed by atoms with Crippen molar-refractivity contribution in [2.45, 2.75) is 20.0 Å². The van der Waals surface area contributed by atoms with Crippen LogP contribution in [0.15, 0.2) is 28.7 Å². The topological polar surface area (TPSA) is 41.6 Å². The van der Waals surface area contributed by atoms with Gasteiger partial charge in [-0.2, -0.15) is 0 Å². The minimum atomic E-state index is -0.0629. The molecule has 0 radical (unpaired) electrons. The number of hydrogen-bond acceptors (Lipinski definition) is 3. The highest BCUT2D eigenvalue weighted by molar-refractivity contribution is 9.10. The Morgan fingerprint density at radius 1 is 1.48 bits per heavy atom. The van der Waals surface area contributed by atoms with Gasteiger partial charge in [-0.25, -0.2) is 0 Å². The van der Waals surface area contributed by atoms with Gasteiger partial charge in [-0.05, 0) is 34.0 Å². The largest absolute Gasteiger partial charge is 0.374 e. The number of halogens is 1. The Morgan fingerprint density at radius 2 is 2.24 bits per heavy atom. The Hall–Kier alpha value is -0.910. The van der Waals surface area contributed by atoms with Gasteiger partial charge >= 0.3 is 0 Å². The highest BCUT2D eigenvalue weighted by Gasteiger charge is 2.21. The summed E-state index contributed by atoms with van der Waals surface area (Å²) < 4.78 is 6.55. The molecule has 0 saturated carbocycles. The van der Waals surface area contributed by atoms with Crippen LogP contribution in [0.4, 0.5) is 0 Å². The van der Waals surface area contributed by atoms with E-state index in [4.69, 9.17) is 4.74 Å². The normalized spacial score (nSPS) is 19.7. The fourth-order valence-electron chi connectivity index (χ4n) is 2.53. The van der Waals surface area contributed by atoms with Crippen LogP contribution in [0.1, 0.15) is 24.2 Å². The summed E-state index contributed by atoms with van der Waals surface area (Å²) in [5.41, 5.74) is 0.660. The van der Waals surface area contributed by atoms with Gasteiger partial charge in [0.1, 0.15) is 0 Å². The van der Waals surface area contributed by atoms with E-state index in [1.807, 2.05) is 24.3 Å². The molecule has 1 atom stereocenters. The first-order valence-corrected chi connectivity index (χ1v) is 8.22. The van der Waals surface area contributed by atoms with Crippen molar-refractivity contribution in [1.82, 2.24) is 10.2 Å². The summed E-state index contributed by atoms with van der Waals surface area (Å²) in [6, 6.07) is 7.44. The highest BCUT2D eigenvalue weighted by Crippen LogP contribution is 2.15. The first-order chi connectivity index (χ1) is 10.1. The zero-order valence-corrected chi connectivity index (χ0v) is 14.2. The summed E-state index contributed by atoms with van der Waals surface area (Å²) in [4.78, 5) is 14.6. The summed E-state index contributed by atoms with van der Waals surface area (Å²) in [5, 5.41) is 2.96. The van der Waals surface area contributed by atoms with Crippen molar-refractivity contribution in [3.8, 4) is 0 Å². The van der Waals surface area contributed by atoms with Gasteiger partial charge < -0.3 is 10.1 Å². The van der Waals surface area contributed by atoms with Crippen molar-refractivity contribution >= 4 is 21.8 Å². The van der Waals surface area contributed by atoms with Gasteiger partial charge in [0.15, 0.2) is 0 Å². The van der Waals surface area contributed by atoms with Crippen LogP contribution in [0.2, 0.25) is 0 Å². The number of carbonyl (C=O) groups excluding carboxylic acids is 1. The third-order valence-corrected chi connectivity index (χ3v) is 4.15. The maximum Gasteiger partial charge on any atom is 0.252 e. The van der Waals surface area contributed by atoms with Crippen LogP contribution in [0.5, 0.6) is 0 Å². The molecule has 1 N–H and O–H groups in total. The van der Waals surface area contributed by atoms with Crippen LogP contribution in [0.25, 0.3) is 0 Å². The maximum absolute atomic E-state index is 12.2. The number of benzene rings is 1. The second kappa shape index (κ2) is 7.92. The van der Waals surface area contributed by atoms with Crippen molar-refractivity contribution in [3.05, 3.63) is 34.3 Å². The lowest BCUT2D eigenvalue weighted by Gasteiger charge is -2.34. The van der Waals surface area contributed by atoms with Gasteiger partial charge in [0, 0.05) is 30.7 Å². The van der Waals surface area contributed by atoms with Crippen molar-refractivity contribution < 1.29 is 9.53 Å². The highest BCUT2D eigenvalue weighted by atomic mass is 79.9. The fraction of sp³-hybridized carbons (Fsp3) is 0.562. The molecule has 4 nitrogen and oxygen atoms in total. The lowest BCUT2D eigenvalue weighted by molar-refractivity contribution is -0.0295. The van der Waals surface area contributed by atoms with E-state index in [0.29, 0.717) is 18.0 Å². The van der Waals surface area contributed by atoms with E-state index in [-0.39, 0.29) is 12.0 Å². The van der Waals surface area contributed by atoms with Gasteiger partial charge in [-0.1, -0.05) is 26.0 Å². The SMILES string of the molecule is CC(C)CN1CCO[C@H](CNC(=O)c2ccccc2Br)C1. The van der Waals surface area contributed by atoms with Gasteiger partial charge in [0.2, 0.25) is 0 Å². The van der Waals surface area contributed by atoms with E-state index in [2.05, 4.69) is 40.0 Å². The van der Waals surface area contributed by atoms with Crippen LogP contribution in [0.3, 0.4) is 0 Å². The zero-order chi connectivity index (χ0) is 15.2. The summed E-state index contributed by atoms with van der Waals surface area (Å²) in [6.45, 7) is 8.68. The second-order valence-electron chi connectivity index (χ2n) is 5.84. The average Bonchev–Trinajstić information content (AvgIpc) is 2.45. The van der Waals surface area contributed by atoms with Crippen LogP contribution in [-0.4, -0.2) is 49.7 Å². The Labute approximate surface area is 135 Å². The van der Waals surface area contributed by atoms with Crippen molar-refractivity contribution in [3.63, 3.8) is 0 Å². The van der Waals surface area contributed by atoms with Crippen LogP contribution in [0, 0.1) is 5.92 Å². The minimum absolute atomic E-state index is 0.0629. The molecule has 0 spiro atoms. The smallest absolute Gasteiger partial charge is 0.252 e. The van der Waals surface area contributed by atoms with Crippen LogP contribution in [-0.2, 0) is 4.74 Å². The predicted molar refractivity (Wildman–Crippen MR) is 87.5 cm³/mol. The molecule has 21 heavy (non-hydrogen) atoms. The molecule has 1 fully saturated rings. The summed E-state index contributed by atoms with van der Waals surface area (Å²) in [6.07, 6.45) is 0.0731. The van der Waals surface area contributed by atoms with Crippen LogP contribution >= 0.6 is 15.9 Å². The predicted octanol–water partition coefficient (Wildman–Crippen LogP) is 2.54. The van der Waals surface area contributed by atoms with Gasteiger partial charge in [-0.15, -0.1) is 0 Å². The van der Waals surface area contributed by atoms with E-state index < -0.39 is 0 Å². The monoisotopic (exact) mass is 354 g/mol. The second-order valence-corrected chi connectivity index (χ2v) is 6.69. The molecule has 0 unspecified atom stereocenters. The molecule has 1 aromatic rings. The molecule has 1 aliphatic rings. The van der Waals surface area contributed by atoms with Crippen LogP contribution < -0.4 is 5.32 Å². The number of nitrogens with one attached hydrogen (secondary N) is 1. The van der Waals surface area contributed by atoms with E-state index in [1.165, 1.54) is 0 Å². The Bertz CT molecular complexity index is 479. The molecule has 1 amide bonds. The van der Waals surface area contributed by atoms with Gasteiger partial charge in [0.05, 0.1) is 18.3 Å². The zero-order valence-electron chi connectivity index (χ0n) is 12.6. The Kier molecular flexibility index (Phi) is 6.21. The van der Waals surface area contributed by atoms with Crippen molar-refractivity contribution in [2.75, 3.05) is 32.8 Å². The standard InChI is InChI=1S/C16H23BrN2O2/c1-12(2)10-19-7-8-21-13(11-19)9-18-16(20)14-5-3-4-6-15(14)17/h3-6,12-13H,7-11H2,1-2H3,(H,18,20)/t13-/m1/s1. The summed E-state index contributed by atoms with van der Waals surface area (Å²) in [7, 11) is 0. The number of rotatable bonds is 5.